The molecule has 1 aliphatic rings. The number of amides is 2. The number of thiazole rings is 1. The van der Waals surface area contributed by atoms with Crippen molar-refractivity contribution in [2.75, 3.05) is 0 Å². The zero-order valence-electron chi connectivity index (χ0n) is 10.8. The molecule has 1 N–H and O–H groups in total. The van der Waals surface area contributed by atoms with E-state index in [4.69, 9.17) is 0 Å². The van der Waals surface area contributed by atoms with Gasteiger partial charge in [0.2, 0.25) is 11.8 Å². The Balaban J connectivity index is 2.17. The van der Waals surface area contributed by atoms with Crippen molar-refractivity contribution in [2.24, 2.45) is 0 Å². The van der Waals surface area contributed by atoms with Crippen LogP contribution in [0.3, 0.4) is 0 Å². The lowest BCUT2D eigenvalue weighted by molar-refractivity contribution is -0.149. The number of carbonyl (C=O) groups is 2. The highest BCUT2D eigenvalue weighted by Gasteiger charge is 2.37. The summed E-state index contributed by atoms with van der Waals surface area (Å²) in [5.41, 5.74) is 0. The Morgan fingerprint density at radius 1 is 1.50 bits per heavy atom. The van der Waals surface area contributed by atoms with E-state index in [0.29, 0.717) is 13.0 Å². The van der Waals surface area contributed by atoms with Gasteiger partial charge in [-0.2, -0.15) is 0 Å². The van der Waals surface area contributed by atoms with E-state index in [2.05, 4.69) is 10.3 Å². The van der Waals surface area contributed by atoms with Gasteiger partial charge in [0.15, 0.2) is 0 Å². The van der Waals surface area contributed by atoms with E-state index in [1.807, 2.05) is 13.8 Å². The summed E-state index contributed by atoms with van der Waals surface area (Å²) < 4.78 is 0. The highest BCUT2D eigenvalue weighted by atomic mass is 32.1. The predicted octanol–water partition coefficient (Wildman–Crippen LogP) is 1.08. The van der Waals surface area contributed by atoms with Gasteiger partial charge >= 0.3 is 0 Å². The molecular weight excluding hydrogens is 250 g/mol. The average Bonchev–Trinajstić information content (AvgIpc) is 2.75. The maximum Gasteiger partial charge on any atom is 0.246 e. The van der Waals surface area contributed by atoms with Crippen molar-refractivity contribution < 1.29 is 9.59 Å². The third kappa shape index (κ3) is 2.38. The van der Waals surface area contributed by atoms with Gasteiger partial charge in [0.25, 0.3) is 0 Å². The molecule has 0 saturated carbocycles. The van der Waals surface area contributed by atoms with Crippen LogP contribution in [-0.4, -0.2) is 33.8 Å². The zero-order chi connectivity index (χ0) is 13.3. The monoisotopic (exact) mass is 267 g/mol. The second-order valence-electron chi connectivity index (χ2n) is 4.48. The van der Waals surface area contributed by atoms with Gasteiger partial charge in [-0.1, -0.05) is 6.92 Å². The van der Waals surface area contributed by atoms with Crippen LogP contribution in [-0.2, 0) is 16.1 Å². The van der Waals surface area contributed by atoms with Crippen LogP contribution in [0.1, 0.15) is 30.2 Å². The number of hydrogen-bond acceptors (Lipinski definition) is 4. The predicted molar refractivity (Wildman–Crippen MR) is 69.1 cm³/mol. The highest BCUT2D eigenvalue weighted by molar-refractivity contribution is 7.11. The molecular formula is C12H17N3O2S. The number of aromatic nitrogens is 1. The largest absolute Gasteiger partial charge is 0.343 e. The summed E-state index contributed by atoms with van der Waals surface area (Å²) >= 11 is 1.56. The molecule has 1 aliphatic heterocycles. The van der Waals surface area contributed by atoms with Crippen LogP contribution < -0.4 is 5.32 Å². The standard InChI is InChI=1S/C12H17N3O2S/c1-4-9-12(17)15(8(3)11(16)14-9)6-10-13-5-7(2)18-10/h5,8-9H,4,6H2,1-3H3,(H,14,16). The molecule has 6 heteroatoms. The van der Waals surface area contributed by atoms with Crippen LogP contribution in [0, 0.1) is 6.92 Å². The average molecular weight is 267 g/mol. The molecule has 2 rings (SSSR count). The Hall–Kier alpha value is -1.43. The van der Waals surface area contributed by atoms with Crippen LogP contribution in [0.5, 0.6) is 0 Å². The van der Waals surface area contributed by atoms with Crippen molar-refractivity contribution in [1.29, 1.82) is 0 Å². The molecule has 0 radical (unpaired) electrons. The minimum absolute atomic E-state index is 0.0162. The van der Waals surface area contributed by atoms with Gasteiger partial charge in [-0.15, -0.1) is 11.3 Å². The van der Waals surface area contributed by atoms with E-state index in [0.717, 1.165) is 9.88 Å². The first-order valence-electron chi connectivity index (χ1n) is 6.05. The number of carbonyl (C=O) groups excluding carboxylic acids is 2. The van der Waals surface area contributed by atoms with Crippen LogP contribution in [0.2, 0.25) is 0 Å². The van der Waals surface area contributed by atoms with Crippen LogP contribution in [0.4, 0.5) is 0 Å². The molecule has 1 fully saturated rings. The Labute approximate surface area is 110 Å². The summed E-state index contributed by atoms with van der Waals surface area (Å²) in [5.74, 6) is -0.104. The van der Waals surface area contributed by atoms with Gasteiger partial charge in [0.1, 0.15) is 17.1 Å². The van der Waals surface area contributed by atoms with E-state index >= 15 is 0 Å². The molecule has 1 saturated heterocycles. The van der Waals surface area contributed by atoms with E-state index in [1.54, 1.807) is 29.4 Å². The number of nitrogens with one attached hydrogen (secondary N) is 1. The third-order valence-corrected chi connectivity index (χ3v) is 4.03. The van der Waals surface area contributed by atoms with Crippen molar-refractivity contribution in [2.45, 2.75) is 45.8 Å². The second kappa shape index (κ2) is 5.06. The third-order valence-electron chi connectivity index (χ3n) is 3.13. The van der Waals surface area contributed by atoms with E-state index < -0.39 is 12.1 Å². The van der Waals surface area contributed by atoms with Crippen molar-refractivity contribution in [3.8, 4) is 0 Å². The lowest BCUT2D eigenvalue weighted by atomic mass is 10.1. The molecule has 0 aromatic carbocycles. The Bertz CT molecular complexity index is 472. The molecule has 0 aliphatic carbocycles. The van der Waals surface area contributed by atoms with Crippen molar-refractivity contribution in [3.05, 3.63) is 16.1 Å². The molecule has 2 atom stereocenters. The molecule has 2 unspecified atom stereocenters. The van der Waals surface area contributed by atoms with Gasteiger partial charge < -0.3 is 10.2 Å². The molecule has 0 bridgehead atoms. The van der Waals surface area contributed by atoms with Crippen LogP contribution in [0.25, 0.3) is 0 Å². The molecule has 98 valence electrons. The highest BCUT2D eigenvalue weighted by Crippen LogP contribution is 2.19. The van der Waals surface area contributed by atoms with E-state index in [9.17, 15) is 9.59 Å². The fourth-order valence-electron chi connectivity index (χ4n) is 2.00. The molecule has 18 heavy (non-hydrogen) atoms. The van der Waals surface area contributed by atoms with Crippen LogP contribution in [0.15, 0.2) is 6.20 Å². The number of hydrogen-bond donors (Lipinski definition) is 1. The normalized spacial score (nSPS) is 24.3. The molecule has 5 nitrogen and oxygen atoms in total. The summed E-state index contributed by atoms with van der Waals surface area (Å²) in [6.45, 7) is 6.04. The van der Waals surface area contributed by atoms with Gasteiger partial charge in [0.05, 0.1) is 6.54 Å². The minimum Gasteiger partial charge on any atom is -0.343 e. The smallest absolute Gasteiger partial charge is 0.246 e. The molecule has 1 aromatic rings. The first-order chi connectivity index (χ1) is 8.52. The maximum atomic E-state index is 12.2. The van der Waals surface area contributed by atoms with Crippen molar-refractivity contribution in [3.63, 3.8) is 0 Å². The molecule has 2 heterocycles. The number of rotatable bonds is 3. The van der Waals surface area contributed by atoms with Gasteiger partial charge in [-0.05, 0) is 20.3 Å². The lowest BCUT2D eigenvalue weighted by Gasteiger charge is -2.36. The Kier molecular flexibility index (Phi) is 3.65. The Morgan fingerprint density at radius 2 is 2.22 bits per heavy atom. The number of piperazine rings is 1. The molecule has 2 amide bonds. The van der Waals surface area contributed by atoms with Crippen molar-refractivity contribution in [1.82, 2.24) is 15.2 Å². The fourth-order valence-corrected chi connectivity index (χ4v) is 2.78. The maximum absolute atomic E-state index is 12.2. The summed E-state index contributed by atoms with van der Waals surface area (Å²) in [6.07, 6.45) is 2.40. The van der Waals surface area contributed by atoms with E-state index in [-0.39, 0.29) is 11.8 Å². The molecule has 1 aromatic heterocycles. The SMILES string of the molecule is CCC1NC(=O)C(C)N(Cc2ncc(C)s2)C1=O. The topological polar surface area (TPSA) is 62.3 Å². The lowest BCUT2D eigenvalue weighted by Crippen LogP contribution is -2.61. The van der Waals surface area contributed by atoms with Gasteiger partial charge in [-0.3, -0.25) is 9.59 Å². The summed E-state index contributed by atoms with van der Waals surface area (Å²) in [5, 5.41) is 3.61. The molecule has 0 spiro atoms. The quantitative estimate of drug-likeness (QED) is 0.891. The summed E-state index contributed by atoms with van der Waals surface area (Å²) in [6, 6.07) is -0.820. The van der Waals surface area contributed by atoms with Gasteiger partial charge in [0, 0.05) is 11.1 Å². The number of aryl methyl sites for hydroxylation is 1. The second-order valence-corrected chi connectivity index (χ2v) is 5.80. The summed E-state index contributed by atoms with van der Waals surface area (Å²) in [7, 11) is 0. The zero-order valence-corrected chi connectivity index (χ0v) is 11.6. The first-order valence-corrected chi connectivity index (χ1v) is 6.86. The number of nitrogens with zero attached hydrogens (tertiary/aromatic N) is 2. The first kappa shape index (κ1) is 13.0. The van der Waals surface area contributed by atoms with Gasteiger partial charge in [-0.25, -0.2) is 4.98 Å². The van der Waals surface area contributed by atoms with Crippen LogP contribution >= 0.6 is 11.3 Å². The Morgan fingerprint density at radius 3 is 2.78 bits per heavy atom. The summed E-state index contributed by atoms with van der Waals surface area (Å²) in [4.78, 5) is 31.0. The minimum atomic E-state index is -0.426. The van der Waals surface area contributed by atoms with E-state index in [1.165, 1.54) is 0 Å². The van der Waals surface area contributed by atoms with Crippen molar-refractivity contribution >= 4 is 23.2 Å². The fraction of sp³-hybridized carbons (Fsp3) is 0.583.